The van der Waals surface area contributed by atoms with Gasteiger partial charge in [0.2, 0.25) is 0 Å². The molecule has 0 saturated carbocycles. The number of likely N-dealkylation sites (tertiary alicyclic amines) is 1. The van der Waals surface area contributed by atoms with E-state index < -0.39 is 17.7 Å². The van der Waals surface area contributed by atoms with Gasteiger partial charge in [0.15, 0.2) is 5.75 Å². The summed E-state index contributed by atoms with van der Waals surface area (Å²) in [6.07, 6.45) is 3.14. The molecular formula is C21H21Cl2N3O4. The first-order chi connectivity index (χ1) is 14.3. The number of halogens is 2. The van der Waals surface area contributed by atoms with Crippen LogP contribution in [0.5, 0.6) is 5.75 Å². The van der Waals surface area contributed by atoms with Crippen LogP contribution >= 0.6 is 23.2 Å². The molecule has 1 aliphatic rings. The van der Waals surface area contributed by atoms with Gasteiger partial charge in [-0.3, -0.25) is 14.6 Å². The Morgan fingerprint density at radius 2 is 1.80 bits per heavy atom. The number of aliphatic hydroxyl groups is 1. The van der Waals surface area contributed by atoms with Crippen LogP contribution in [0.25, 0.3) is 5.76 Å². The molecule has 1 aromatic heterocycles. The molecule has 1 atom stereocenters. The van der Waals surface area contributed by atoms with Gasteiger partial charge in [0, 0.05) is 31.0 Å². The van der Waals surface area contributed by atoms with Crippen molar-refractivity contribution in [2.75, 3.05) is 34.3 Å². The highest BCUT2D eigenvalue weighted by Gasteiger charge is 2.45. The lowest BCUT2D eigenvalue weighted by molar-refractivity contribution is -0.140. The summed E-state index contributed by atoms with van der Waals surface area (Å²) >= 11 is 12.4. The smallest absolute Gasteiger partial charge is 0.295 e. The van der Waals surface area contributed by atoms with Crippen LogP contribution in [-0.4, -0.2) is 65.9 Å². The van der Waals surface area contributed by atoms with Gasteiger partial charge in [-0.15, -0.1) is 0 Å². The van der Waals surface area contributed by atoms with Gasteiger partial charge in [-0.1, -0.05) is 23.2 Å². The monoisotopic (exact) mass is 449 g/mol. The van der Waals surface area contributed by atoms with Crippen molar-refractivity contribution in [2.45, 2.75) is 6.04 Å². The topological polar surface area (TPSA) is 83.0 Å². The van der Waals surface area contributed by atoms with Crippen molar-refractivity contribution in [1.29, 1.82) is 0 Å². The van der Waals surface area contributed by atoms with Crippen LogP contribution in [0.3, 0.4) is 0 Å². The van der Waals surface area contributed by atoms with E-state index >= 15 is 0 Å². The van der Waals surface area contributed by atoms with Crippen LogP contribution in [0.15, 0.2) is 42.2 Å². The summed E-state index contributed by atoms with van der Waals surface area (Å²) in [5.41, 5.74) is 0.855. The van der Waals surface area contributed by atoms with E-state index in [2.05, 4.69) is 4.98 Å². The number of likely N-dealkylation sites (N-methyl/N-ethyl adjacent to an activating group) is 1. The molecule has 0 aliphatic carbocycles. The van der Waals surface area contributed by atoms with Crippen LogP contribution in [-0.2, 0) is 9.59 Å². The third kappa shape index (κ3) is 4.14. The number of aliphatic hydroxyl groups excluding tert-OH is 1. The Bertz CT molecular complexity index is 986. The first-order valence-electron chi connectivity index (χ1n) is 9.12. The summed E-state index contributed by atoms with van der Waals surface area (Å²) in [6, 6.07) is 5.55. The number of benzene rings is 1. The Hall–Kier alpha value is -2.61. The van der Waals surface area contributed by atoms with E-state index in [1.54, 1.807) is 24.5 Å². The molecule has 9 heteroatoms. The molecule has 1 amide bonds. The van der Waals surface area contributed by atoms with Gasteiger partial charge in [-0.25, -0.2) is 0 Å². The number of pyridine rings is 1. The number of carbonyl (C=O) groups excluding carboxylic acids is 2. The molecule has 158 valence electrons. The number of ether oxygens (including phenoxy) is 1. The third-order valence-electron chi connectivity index (χ3n) is 4.83. The van der Waals surface area contributed by atoms with E-state index in [1.165, 1.54) is 24.1 Å². The zero-order valence-electron chi connectivity index (χ0n) is 16.7. The fourth-order valence-corrected chi connectivity index (χ4v) is 4.00. The number of hydrogen-bond donors (Lipinski definition) is 1. The lowest BCUT2D eigenvalue weighted by Gasteiger charge is -2.26. The van der Waals surface area contributed by atoms with Crippen molar-refractivity contribution in [2.24, 2.45) is 0 Å². The summed E-state index contributed by atoms with van der Waals surface area (Å²) in [5.74, 6) is -1.54. The molecule has 1 N–H and O–H groups in total. The first kappa shape index (κ1) is 22.1. The second kappa shape index (κ2) is 9.04. The number of amides is 1. The molecule has 1 aliphatic heterocycles. The Morgan fingerprint density at radius 1 is 1.20 bits per heavy atom. The number of nitrogens with zero attached hydrogens (tertiary/aromatic N) is 3. The zero-order chi connectivity index (χ0) is 22.0. The minimum atomic E-state index is -0.767. The second-order valence-electron chi connectivity index (χ2n) is 7.05. The lowest BCUT2D eigenvalue weighted by atomic mass is 9.96. The molecule has 1 aromatic carbocycles. The largest absolute Gasteiger partial charge is 0.507 e. The van der Waals surface area contributed by atoms with Crippen LogP contribution < -0.4 is 4.74 Å². The van der Waals surface area contributed by atoms with Crippen molar-refractivity contribution in [3.8, 4) is 5.75 Å². The summed E-state index contributed by atoms with van der Waals surface area (Å²) in [6.45, 7) is 0.861. The standard InChI is InChI=1S/C21H21Cl2N3O4/c1-25(2)8-9-26-17(12-4-6-24-7-5-12)16(19(28)21(26)29)18(27)13-10-14(22)20(30-3)15(23)11-13/h4-7,10-11,17,27H,8-9H2,1-3H3/b18-16+. The number of Topliss-reactive ketones (excluding diaryl/α,β-unsaturated/α-hetero) is 1. The number of carbonyl (C=O) groups is 2. The molecular weight excluding hydrogens is 429 g/mol. The van der Waals surface area contributed by atoms with Crippen molar-refractivity contribution in [1.82, 2.24) is 14.8 Å². The maximum absolute atomic E-state index is 12.9. The van der Waals surface area contributed by atoms with Crippen LogP contribution in [0, 0.1) is 0 Å². The molecule has 7 nitrogen and oxygen atoms in total. The van der Waals surface area contributed by atoms with Crippen molar-refractivity contribution in [3.05, 3.63) is 63.4 Å². The van der Waals surface area contributed by atoms with Crippen molar-refractivity contribution in [3.63, 3.8) is 0 Å². The average Bonchev–Trinajstić information content (AvgIpc) is 2.96. The molecule has 1 fully saturated rings. The molecule has 3 rings (SSSR count). The first-order valence-corrected chi connectivity index (χ1v) is 9.88. The predicted octanol–water partition coefficient (Wildman–Crippen LogP) is 3.38. The fraction of sp³-hybridized carbons (Fsp3) is 0.286. The van der Waals surface area contributed by atoms with E-state index in [0.29, 0.717) is 18.7 Å². The van der Waals surface area contributed by atoms with E-state index in [4.69, 9.17) is 27.9 Å². The van der Waals surface area contributed by atoms with E-state index in [9.17, 15) is 14.7 Å². The maximum Gasteiger partial charge on any atom is 0.295 e. The molecule has 0 bridgehead atoms. The van der Waals surface area contributed by atoms with E-state index in [0.717, 1.165) is 0 Å². The Labute approximate surface area is 184 Å². The fourth-order valence-electron chi connectivity index (χ4n) is 3.36. The number of rotatable bonds is 6. The van der Waals surface area contributed by atoms with Gasteiger partial charge >= 0.3 is 0 Å². The second-order valence-corrected chi connectivity index (χ2v) is 7.86. The molecule has 1 saturated heterocycles. The highest BCUT2D eigenvalue weighted by molar-refractivity contribution is 6.46. The van der Waals surface area contributed by atoms with Crippen LogP contribution in [0.1, 0.15) is 17.2 Å². The highest BCUT2D eigenvalue weighted by atomic mass is 35.5. The van der Waals surface area contributed by atoms with Crippen molar-refractivity contribution < 1.29 is 19.4 Å². The normalized spacial score (nSPS) is 18.3. The number of hydrogen-bond acceptors (Lipinski definition) is 6. The van der Waals surface area contributed by atoms with Crippen molar-refractivity contribution >= 4 is 40.7 Å². The molecule has 2 heterocycles. The number of methoxy groups -OCH3 is 1. The minimum absolute atomic E-state index is 0.0257. The SMILES string of the molecule is COc1c(Cl)cc(/C(O)=C2\C(=O)C(=O)N(CCN(C)C)C2c2ccncc2)cc1Cl. The number of ketones is 1. The molecule has 2 aromatic rings. The Kier molecular flexibility index (Phi) is 6.65. The van der Waals surface area contributed by atoms with Gasteiger partial charge in [-0.2, -0.15) is 0 Å². The van der Waals surface area contributed by atoms with Gasteiger partial charge in [0.1, 0.15) is 5.76 Å². The third-order valence-corrected chi connectivity index (χ3v) is 5.39. The zero-order valence-corrected chi connectivity index (χ0v) is 18.2. The predicted molar refractivity (Wildman–Crippen MR) is 115 cm³/mol. The van der Waals surface area contributed by atoms with Gasteiger partial charge in [-0.05, 0) is 43.9 Å². The van der Waals surface area contributed by atoms with Gasteiger partial charge in [0.25, 0.3) is 11.7 Å². The van der Waals surface area contributed by atoms with E-state index in [1.807, 2.05) is 19.0 Å². The molecule has 0 radical (unpaired) electrons. The maximum atomic E-state index is 12.9. The Morgan fingerprint density at radius 3 is 2.33 bits per heavy atom. The summed E-state index contributed by atoms with van der Waals surface area (Å²) in [5, 5.41) is 11.4. The van der Waals surface area contributed by atoms with Crippen LogP contribution in [0.2, 0.25) is 10.0 Å². The molecule has 1 unspecified atom stereocenters. The van der Waals surface area contributed by atoms with Crippen LogP contribution in [0.4, 0.5) is 0 Å². The average molecular weight is 450 g/mol. The highest BCUT2D eigenvalue weighted by Crippen LogP contribution is 2.41. The summed E-state index contributed by atoms with van der Waals surface area (Å²) in [7, 11) is 5.17. The lowest BCUT2D eigenvalue weighted by Crippen LogP contribution is -2.35. The summed E-state index contributed by atoms with van der Waals surface area (Å²) in [4.78, 5) is 33.1. The molecule has 0 spiro atoms. The summed E-state index contributed by atoms with van der Waals surface area (Å²) < 4.78 is 5.13. The van der Waals surface area contributed by atoms with Gasteiger partial charge < -0.3 is 19.6 Å². The Balaban J connectivity index is 2.17. The minimum Gasteiger partial charge on any atom is -0.507 e. The van der Waals surface area contributed by atoms with Gasteiger partial charge in [0.05, 0.1) is 28.8 Å². The van der Waals surface area contributed by atoms with E-state index in [-0.39, 0.29) is 32.7 Å². The molecule has 30 heavy (non-hydrogen) atoms. The number of aromatic nitrogens is 1. The quantitative estimate of drug-likeness (QED) is 0.413.